The number of hydrogen-bond acceptors (Lipinski definition) is 4. The maximum Gasteiger partial charge on any atom is 0.270 e. The van der Waals surface area contributed by atoms with Crippen molar-refractivity contribution in [3.8, 4) is 0 Å². The molecule has 6 nitrogen and oxygen atoms in total. The highest BCUT2D eigenvalue weighted by Crippen LogP contribution is 2.28. The molecule has 6 heteroatoms. The molecule has 2 aromatic rings. The molecule has 0 saturated heterocycles. The molecule has 1 amide bonds. The van der Waals surface area contributed by atoms with Gasteiger partial charge in [-0.2, -0.15) is 0 Å². The SMILES string of the molecule is O=C(NCC1(O)CCc2ccccc2C1)c1cccc([N+](=O)[O-])c1. The van der Waals surface area contributed by atoms with E-state index in [0.29, 0.717) is 12.8 Å². The van der Waals surface area contributed by atoms with E-state index in [-0.39, 0.29) is 17.8 Å². The van der Waals surface area contributed by atoms with Crippen LogP contribution in [0.15, 0.2) is 48.5 Å². The molecule has 2 N–H and O–H groups in total. The quantitative estimate of drug-likeness (QED) is 0.666. The average molecular weight is 326 g/mol. The van der Waals surface area contributed by atoms with E-state index < -0.39 is 16.4 Å². The molecule has 0 bridgehead atoms. The molecule has 0 aliphatic heterocycles. The summed E-state index contributed by atoms with van der Waals surface area (Å²) in [5, 5.41) is 24.2. The highest BCUT2D eigenvalue weighted by Gasteiger charge is 2.32. The van der Waals surface area contributed by atoms with Gasteiger partial charge in [0.05, 0.1) is 10.5 Å². The van der Waals surface area contributed by atoms with E-state index in [4.69, 9.17) is 0 Å². The zero-order valence-corrected chi connectivity index (χ0v) is 13.1. The molecule has 0 spiro atoms. The lowest BCUT2D eigenvalue weighted by atomic mass is 9.80. The molecule has 1 unspecified atom stereocenters. The molecule has 3 rings (SSSR count). The summed E-state index contributed by atoms with van der Waals surface area (Å²) < 4.78 is 0. The van der Waals surface area contributed by atoms with E-state index in [1.165, 1.54) is 29.8 Å². The number of nitrogens with one attached hydrogen (secondary N) is 1. The van der Waals surface area contributed by atoms with Gasteiger partial charge in [-0.15, -0.1) is 0 Å². The van der Waals surface area contributed by atoms with E-state index >= 15 is 0 Å². The molecular weight excluding hydrogens is 308 g/mol. The molecule has 1 aliphatic rings. The summed E-state index contributed by atoms with van der Waals surface area (Å²) in [6.07, 6.45) is 1.82. The van der Waals surface area contributed by atoms with Crippen molar-refractivity contribution in [1.29, 1.82) is 0 Å². The van der Waals surface area contributed by atoms with E-state index in [1.807, 2.05) is 18.2 Å². The fourth-order valence-corrected chi connectivity index (χ4v) is 3.04. The number of carbonyl (C=O) groups excluding carboxylic acids is 1. The van der Waals surface area contributed by atoms with E-state index in [9.17, 15) is 20.0 Å². The Morgan fingerprint density at radius 3 is 2.71 bits per heavy atom. The number of fused-ring (bicyclic) bond motifs is 1. The number of nitro benzene ring substituents is 1. The third kappa shape index (κ3) is 3.44. The van der Waals surface area contributed by atoms with E-state index in [1.54, 1.807) is 0 Å². The second-order valence-corrected chi connectivity index (χ2v) is 6.16. The second-order valence-electron chi connectivity index (χ2n) is 6.16. The van der Waals surface area contributed by atoms with Crippen LogP contribution >= 0.6 is 0 Å². The Morgan fingerprint density at radius 1 is 1.21 bits per heavy atom. The van der Waals surface area contributed by atoms with Crippen LogP contribution in [0.3, 0.4) is 0 Å². The van der Waals surface area contributed by atoms with Gasteiger partial charge in [-0.1, -0.05) is 30.3 Å². The van der Waals surface area contributed by atoms with Crippen LogP contribution in [0.2, 0.25) is 0 Å². The van der Waals surface area contributed by atoms with Crippen LogP contribution in [0.4, 0.5) is 5.69 Å². The molecule has 1 aliphatic carbocycles. The summed E-state index contributed by atoms with van der Waals surface area (Å²) in [5.41, 5.74) is 1.41. The zero-order valence-electron chi connectivity index (χ0n) is 13.1. The summed E-state index contributed by atoms with van der Waals surface area (Å²) in [7, 11) is 0. The van der Waals surface area contributed by atoms with Gasteiger partial charge in [0, 0.05) is 30.7 Å². The molecule has 24 heavy (non-hydrogen) atoms. The predicted octanol–water partition coefficient (Wildman–Crippen LogP) is 2.24. The van der Waals surface area contributed by atoms with Crippen molar-refractivity contribution in [3.63, 3.8) is 0 Å². The number of rotatable bonds is 4. The molecule has 0 radical (unpaired) electrons. The minimum absolute atomic E-state index is 0.114. The summed E-state index contributed by atoms with van der Waals surface area (Å²) >= 11 is 0. The Hall–Kier alpha value is -2.73. The molecule has 1 atom stereocenters. The van der Waals surface area contributed by atoms with Crippen LogP contribution in [0.25, 0.3) is 0 Å². The summed E-state index contributed by atoms with van der Waals surface area (Å²) in [5.74, 6) is -0.425. The van der Waals surface area contributed by atoms with Crippen LogP contribution in [-0.2, 0) is 12.8 Å². The van der Waals surface area contributed by atoms with Gasteiger partial charge in [0.15, 0.2) is 0 Å². The Morgan fingerprint density at radius 2 is 1.96 bits per heavy atom. The fourth-order valence-electron chi connectivity index (χ4n) is 3.04. The van der Waals surface area contributed by atoms with Crippen LogP contribution in [-0.4, -0.2) is 28.1 Å². The third-order valence-corrected chi connectivity index (χ3v) is 4.39. The van der Waals surface area contributed by atoms with Gasteiger partial charge in [0.2, 0.25) is 0 Å². The van der Waals surface area contributed by atoms with Crippen molar-refractivity contribution in [3.05, 3.63) is 75.3 Å². The van der Waals surface area contributed by atoms with Gasteiger partial charge >= 0.3 is 0 Å². The van der Waals surface area contributed by atoms with Crippen molar-refractivity contribution in [1.82, 2.24) is 5.32 Å². The Labute approximate surface area is 139 Å². The monoisotopic (exact) mass is 326 g/mol. The molecule has 124 valence electrons. The zero-order chi connectivity index (χ0) is 17.2. The largest absolute Gasteiger partial charge is 0.388 e. The maximum atomic E-state index is 12.2. The van der Waals surface area contributed by atoms with Crippen molar-refractivity contribution in [2.24, 2.45) is 0 Å². The number of nitro groups is 1. The summed E-state index contributed by atoms with van der Waals surface area (Å²) in [4.78, 5) is 22.4. The van der Waals surface area contributed by atoms with E-state index in [0.717, 1.165) is 12.0 Å². The smallest absolute Gasteiger partial charge is 0.270 e. The molecule has 0 fully saturated rings. The average Bonchev–Trinajstić information content (AvgIpc) is 2.59. The first kappa shape index (κ1) is 16.1. The summed E-state index contributed by atoms with van der Waals surface area (Å²) in [6.45, 7) is 0.114. The highest BCUT2D eigenvalue weighted by atomic mass is 16.6. The van der Waals surface area contributed by atoms with Crippen LogP contribution in [0, 0.1) is 10.1 Å². The number of aryl methyl sites for hydroxylation is 1. The van der Waals surface area contributed by atoms with Gasteiger partial charge in [-0.25, -0.2) is 0 Å². The lowest BCUT2D eigenvalue weighted by molar-refractivity contribution is -0.384. The van der Waals surface area contributed by atoms with Gasteiger partial charge in [0.25, 0.3) is 11.6 Å². The summed E-state index contributed by atoms with van der Waals surface area (Å²) in [6, 6.07) is 13.5. The number of non-ortho nitro benzene ring substituents is 1. The molecule has 0 aromatic heterocycles. The second kappa shape index (κ2) is 6.41. The van der Waals surface area contributed by atoms with Crippen molar-refractivity contribution >= 4 is 11.6 Å². The molecule has 0 saturated carbocycles. The fraction of sp³-hybridized carbons (Fsp3) is 0.278. The Bertz CT molecular complexity index is 790. The van der Waals surface area contributed by atoms with Gasteiger partial charge in [-0.05, 0) is 30.0 Å². The number of nitrogens with zero attached hydrogens (tertiary/aromatic N) is 1. The Kier molecular flexibility index (Phi) is 4.31. The van der Waals surface area contributed by atoms with Crippen molar-refractivity contribution < 1.29 is 14.8 Å². The number of aliphatic hydroxyl groups is 1. The minimum atomic E-state index is -0.995. The van der Waals surface area contributed by atoms with E-state index in [2.05, 4.69) is 11.4 Å². The number of benzene rings is 2. The lowest BCUT2D eigenvalue weighted by Gasteiger charge is -2.33. The van der Waals surface area contributed by atoms with Crippen LogP contribution in [0.1, 0.15) is 27.9 Å². The molecule has 0 heterocycles. The first-order valence-corrected chi connectivity index (χ1v) is 7.79. The van der Waals surface area contributed by atoms with Gasteiger partial charge in [0.1, 0.15) is 0 Å². The molecular formula is C18H18N2O4. The Balaban J connectivity index is 1.66. The van der Waals surface area contributed by atoms with Crippen molar-refractivity contribution in [2.45, 2.75) is 24.9 Å². The van der Waals surface area contributed by atoms with Gasteiger partial charge < -0.3 is 10.4 Å². The first-order valence-electron chi connectivity index (χ1n) is 7.79. The molecule has 2 aromatic carbocycles. The number of hydrogen-bond donors (Lipinski definition) is 2. The topological polar surface area (TPSA) is 92.5 Å². The standard InChI is InChI=1S/C18H18N2O4/c21-17(14-6-3-7-16(10-14)20(23)24)19-12-18(22)9-8-13-4-1-2-5-15(13)11-18/h1-7,10,22H,8-9,11-12H2,(H,19,21). The number of carbonyl (C=O) groups is 1. The van der Waals surface area contributed by atoms with Gasteiger partial charge in [-0.3, -0.25) is 14.9 Å². The highest BCUT2D eigenvalue weighted by molar-refractivity contribution is 5.94. The van der Waals surface area contributed by atoms with Crippen LogP contribution in [0.5, 0.6) is 0 Å². The van der Waals surface area contributed by atoms with Crippen LogP contribution < -0.4 is 5.32 Å². The predicted molar refractivity (Wildman–Crippen MR) is 88.8 cm³/mol. The normalized spacial score (nSPS) is 19.4. The minimum Gasteiger partial charge on any atom is -0.388 e. The lowest BCUT2D eigenvalue weighted by Crippen LogP contribution is -2.46. The maximum absolute atomic E-state index is 12.2. The first-order chi connectivity index (χ1) is 11.5. The third-order valence-electron chi connectivity index (χ3n) is 4.39. The van der Waals surface area contributed by atoms with Crippen molar-refractivity contribution in [2.75, 3.05) is 6.54 Å². The number of amides is 1.